The summed E-state index contributed by atoms with van der Waals surface area (Å²) in [6.07, 6.45) is -1.14. The molecule has 2 aromatic rings. The lowest BCUT2D eigenvalue weighted by Crippen LogP contribution is -2.38. The van der Waals surface area contributed by atoms with Gasteiger partial charge in [-0.1, -0.05) is 32.9 Å². The van der Waals surface area contributed by atoms with Gasteiger partial charge in [0, 0.05) is 12.7 Å². The molecule has 0 bridgehead atoms. The highest BCUT2D eigenvalue weighted by molar-refractivity contribution is 5.83. The van der Waals surface area contributed by atoms with Gasteiger partial charge < -0.3 is 16.0 Å². The molecule has 174 valence electrons. The molecule has 2 heterocycles. The molecule has 0 aliphatic carbocycles. The number of primary amides is 1. The van der Waals surface area contributed by atoms with Crippen molar-refractivity contribution in [2.45, 2.75) is 58.3 Å². The summed E-state index contributed by atoms with van der Waals surface area (Å²) in [6.45, 7) is 6.38. The molecule has 3 N–H and O–H groups in total. The molecule has 1 aromatic carbocycles. The Morgan fingerprint density at radius 2 is 1.88 bits per heavy atom. The second-order valence-corrected chi connectivity index (χ2v) is 9.33. The quantitative estimate of drug-likeness (QED) is 0.585. The maximum Gasteiger partial charge on any atom is 0.416 e. The number of alkyl halides is 3. The standard InChI is InChI=1S/C23H28F4N4O/c1-22(2,3)13-17(20(28)32)30-16-10-11-29-21(19(16)24)31-12-4-5-18(31)14-6-8-15(9-7-14)23(25,26)27/h6-11,17-18H,4-5,12-13H2,1-3H3,(H2,28,32)(H,29,30)/t17-,18?/m1/s1. The molecule has 1 fully saturated rings. The van der Waals surface area contributed by atoms with Crippen molar-refractivity contribution in [3.63, 3.8) is 0 Å². The molecule has 1 aliphatic rings. The Labute approximate surface area is 185 Å². The summed E-state index contributed by atoms with van der Waals surface area (Å²) >= 11 is 0. The van der Waals surface area contributed by atoms with Gasteiger partial charge in [-0.25, -0.2) is 9.37 Å². The zero-order valence-corrected chi connectivity index (χ0v) is 18.3. The highest BCUT2D eigenvalue weighted by Gasteiger charge is 2.33. The first-order valence-corrected chi connectivity index (χ1v) is 10.5. The van der Waals surface area contributed by atoms with E-state index in [1.807, 2.05) is 20.8 Å². The number of nitrogens with one attached hydrogen (secondary N) is 1. The van der Waals surface area contributed by atoms with Gasteiger partial charge in [0.1, 0.15) is 6.04 Å². The van der Waals surface area contributed by atoms with Gasteiger partial charge in [0.25, 0.3) is 0 Å². The second kappa shape index (κ2) is 8.96. The van der Waals surface area contributed by atoms with Crippen molar-refractivity contribution in [1.29, 1.82) is 0 Å². The largest absolute Gasteiger partial charge is 0.416 e. The molecule has 1 unspecified atom stereocenters. The van der Waals surface area contributed by atoms with Crippen molar-refractivity contribution < 1.29 is 22.4 Å². The summed E-state index contributed by atoms with van der Waals surface area (Å²) in [5.41, 5.74) is 5.36. The van der Waals surface area contributed by atoms with E-state index in [4.69, 9.17) is 5.73 Å². The molecule has 1 amide bonds. The fourth-order valence-electron chi connectivity index (χ4n) is 4.03. The zero-order valence-electron chi connectivity index (χ0n) is 18.3. The van der Waals surface area contributed by atoms with Crippen LogP contribution in [0.2, 0.25) is 0 Å². The van der Waals surface area contributed by atoms with Crippen LogP contribution < -0.4 is 16.0 Å². The predicted molar refractivity (Wildman–Crippen MR) is 116 cm³/mol. The van der Waals surface area contributed by atoms with Crippen molar-refractivity contribution in [2.75, 3.05) is 16.8 Å². The minimum Gasteiger partial charge on any atom is -0.371 e. The van der Waals surface area contributed by atoms with Gasteiger partial charge in [-0.15, -0.1) is 0 Å². The molecule has 32 heavy (non-hydrogen) atoms. The number of nitrogens with two attached hydrogens (primary N) is 1. The van der Waals surface area contributed by atoms with Crippen LogP contribution in [-0.4, -0.2) is 23.5 Å². The number of amides is 1. The van der Waals surface area contributed by atoms with Gasteiger partial charge in [0.05, 0.1) is 17.3 Å². The van der Waals surface area contributed by atoms with Crippen LogP contribution in [0.1, 0.15) is 57.2 Å². The van der Waals surface area contributed by atoms with Crippen LogP contribution in [0.5, 0.6) is 0 Å². The molecule has 1 saturated heterocycles. The van der Waals surface area contributed by atoms with E-state index >= 15 is 4.39 Å². The third-order valence-electron chi connectivity index (χ3n) is 5.51. The molecule has 9 heteroatoms. The molecule has 2 atom stereocenters. The SMILES string of the molecule is CC(C)(C)C[C@@H](Nc1ccnc(N2CCCC2c2ccc(C(F)(F)F)cc2)c1F)C(N)=O. The van der Waals surface area contributed by atoms with Crippen LogP contribution in [0.4, 0.5) is 29.1 Å². The fourth-order valence-corrected chi connectivity index (χ4v) is 4.03. The number of rotatable bonds is 6. The topological polar surface area (TPSA) is 71.2 Å². The number of anilines is 2. The minimum absolute atomic E-state index is 0.0939. The number of pyridine rings is 1. The van der Waals surface area contributed by atoms with E-state index in [1.54, 1.807) is 4.90 Å². The number of hydrogen-bond acceptors (Lipinski definition) is 4. The number of aromatic nitrogens is 1. The van der Waals surface area contributed by atoms with Crippen LogP contribution in [0.25, 0.3) is 0 Å². The van der Waals surface area contributed by atoms with Crippen molar-refractivity contribution in [3.05, 3.63) is 53.5 Å². The lowest BCUT2D eigenvalue weighted by molar-refractivity contribution is -0.137. The summed E-state index contributed by atoms with van der Waals surface area (Å²) in [5.74, 6) is -1.11. The van der Waals surface area contributed by atoms with E-state index < -0.39 is 29.5 Å². The summed E-state index contributed by atoms with van der Waals surface area (Å²) < 4.78 is 54.1. The van der Waals surface area contributed by atoms with Gasteiger partial charge in [-0.2, -0.15) is 13.2 Å². The molecular formula is C23H28F4N4O. The molecule has 0 radical (unpaired) electrons. The summed E-state index contributed by atoms with van der Waals surface area (Å²) in [7, 11) is 0. The molecule has 3 rings (SSSR count). The number of halogens is 4. The number of carbonyl (C=O) groups excluding carboxylic acids is 1. The maximum absolute atomic E-state index is 15.4. The van der Waals surface area contributed by atoms with Crippen molar-refractivity contribution in [3.8, 4) is 0 Å². The lowest BCUT2D eigenvalue weighted by atomic mass is 9.88. The number of nitrogens with zero attached hydrogens (tertiary/aromatic N) is 2. The predicted octanol–water partition coefficient (Wildman–Crippen LogP) is 5.28. The van der Waals surface area contributed by atoms with E-state index in [2.05, 4.69) is 10.3 Å². The van der Waals surface area contributed by atoms with E-state index in [-0.39, 0.29) is 23.0 Å². The van der Waals surface area contributed by atoms with Crippen molar-refractivity contribution in [2.24, 2.45) is 11.1 Å². The third kappa shape index (κ3) is 5.49. The first-order chi connectivity index (χ1) is 14.9. The average Bonchev–Trinajstić information content (AvgIpc) is 3.17. The zero-order chi connectivity index (χ0) is 23.7. The molecule has 5 nitrogen and oxygen atoms in total. The second-order valence-electron chi connectivity index (χ2n) is 9.33. The van der Waals surface area contributed by atoms with Crippen LogP contribution in [-0.2, 0) is 11.0 Å². The monoisotopic (exact) mass is 452 g/mol. The first kappa shape index (κ1) is 23.8. The molecule has 0 spiro atoms. The van der Waals surface area contributed by atoms with Gasteiger partial charge in [0.15, 0.2) is 11.6 Å². The van der Waals surface area contributed by atoms with Crippen LogP contribution in [0.15, 0.2) is 36.5 Å². The highest BCUT2D eigenvalue weighted by Crippen LogP contribution is 2.39. The van der Waals surface area contributed by atoms with Gasteiger partial charge in [-0.3, -0.25) is 4.79 Å². The Hall–Kier alpha value is -2.84. The molecular weight excluding hydrogens is 424 g/mol. The lowest BCUT2D eigenvalue weighted by Gasteiger charge is -2.29. The number of carbonyl (C=O) groups is 1. The van der Waals surface area contributed by atoms with Crippen molar-refractivity contribution >= 4 is 17.4 Å². The Kier molecular flexibility index (Phi) is 6.67. The van der Waals surface area contributed by atoms with E-state index in [0.29, 0.717) is 24.9 Å². The molecule has 1 aliphatic heterocycles. The third-order valence-corrected chi connectivity index (χ3v) is 5.51. The van der Waals surface area contributed by atoms with E-state index in [0.717, 1.165) is 18.6 Å². The molecule has 1 aromatic heterocycles. The van der Waals surface area contributed by atoms with E-state index in [1.165, 1.54) is 24.4 Å². The number of benzene rings is 1. The van der Waals surface area contributed by atoms with Gasteiger partial charge in [-0.05, 0) is 48.4 Å². The first-order valence-electron chi connectivity index (χ1n) is 10.5. The smallest absolute Gasteiger partial charge is 0.371 e. The summed E-state index contributed by atoms with van der Waals surface area (Å²) in [6, 6.07) is 5.33. The van der Waals surface area contributed by atoms with Crippen LogP contribution in [0, 0.1) is 11.2 Å². The summed E-state index contributed by atoms with van der Waals surface area (Å²) in [5, 5.41) is 2.90. The molecule has 0 saturated carbocycles. The van der Waals surface area contributed by atoms with E-state index in [9.17, 15) is 18.0 Å². The Bertz CT molecular complexity index is 954. The van der Waals surface area contributed by atoms with Gasteiger partial charge in [0.2, 0.25) is 5.91 Å². The average molecular weight is 452 g/mol. The highest BCUT2D eigenvalue weighted by atomic mass is 19.4. The fraction of sp³-hybridized carbons (Fsp3) is 0.478. The Morgan fingerprint density at radius 3 is 2.44 bits per heavy atom. The van der Waals surface area contributed by atoms with Crippen LogP contribution in [0.3, 0.4) is 0 Å². The van der Waals surface area contributed by atoms with Gasteiger partial charge >= 0.3 is 6.18 Å². The number of hydrogen-bond donors (Lipinski definition) is 2. The minimum atomic E-state index is -4.41. The Morgan fingerprint density at radius 1 is 1.22 bits per heavy atom. The Balaban J connectivity index is 1.87. The summed E-state index contributed by atoms with van der Waals surface area (Å²) in [4.78, 5) is 17.9. The van der Waals surface area contributed by atoms with Crippen molar-refractivity contribution in [1.82, 2.24) is 4.98 Å². The maximum atomic E-state index is 15.4. The normalized spacial score (nSPS) is 18.0. The van der Waals surface area contributed by atoms with Crippen LogP contribution >= 0.6 is 0 Å².